The van der Waals surface area contributed by atoms with Gasteiger partial charge in [-0.05, 0) is 24.6 Å². The van der Waals surface area contributed by atoms with E-state index in [0.717, 1.165) is 0 Å². The summed E-state index contributed by atoms with van der Waals surface area (Å²) in [5.41, 5.74) is 0.304. The number of hydrogen-bond acceptors (Lipinski definition) is 3. The maximum Gasteiger partial charge on any atom is 0.270 e. The molecule has 2 N–H and O–H groups in total. The molecule has 2 rings (SSSR count). The summed E-state index contributed by atoms with van der Waals surface area (Å²) in [5, 5.41) is 4.51. The van der Waals surface area contributed by atoms with Gasteiger partial charge in [0.2, 0.25) is 0 Å². The van der Waals surface area contributed by atoms with Crippen LogP contribution in [0.4, 0.5) is 0 Å². The lowest BCUT2D eigenvalue weighted by Gasteiger charge is -2.05. The lowest BCUT2D eigenvalue weighted by atomic mass is 10.1. The second-order valence-electron chi connectivity index (χ2n) is 3.46. The largest absolute Gasteiger partial charge is 0.494 e. The number of ether oxygens (including phenoxy) is 1. The average molecular weight is 232 g/mol. The molecule has 0 unspecified atom stereocenters. The van der Waals surface area contributed by atoms with Crippen molar-refractivity contribution in [3.05, 3.63) is 51.0 Å². The molecule has 17 heavy (non-hydrogen) atoms. The molecule has 0 fully saturated rings. The van der Waals surface area contributed by atoms with Crippen LogP contribution in [-0.2, 0) is 0 Å². The molecule has 0 aliphatic heterocycles. The zero-order valence-electron chi connectivity index (χ0n) is 9.32. The first-order valence-electron chi connectivity index (χ1n) is 5.26. The summed E-state index contributed by atoms with van der Waals surface area (Å²) in [6.45, 7) is 2.43. The van der Waals surface area contributed by atoms with Gasteiger partial charge in [-0.25, -0.2) is 0 Å². The zero-order chi connectivity index (χ0) is 12.3. The third-order valence-corrected chi connectivity index (χ3v) is 2.28. The number of benzene rings is 1. The molecule has 0 spiro atoms. The van der Waals surface area contributed by atoms with Crippen LogP contribution < -0.4 is 15.9 Å². The van der Waals surface area contributed by atoms with Gasteiger partial charge in [0, 0.05) is 6.07 Å². The van der Waals surface area contributed by atoms with Crippen LogP contribution in [-0.4, -0.2) is 16.8 Å². The first kappa shape index (κ1) is 11.2. The Bertz CT molecular complexity index is 628. The van der Waals surface area contributed by atoms with Crippen LogP contribution >= 0.6 is 0 Å². The maximum absolute atomic E-state index is 11.6. The molecule has 0 bridgehead atoms. The number of aromatic amines is 2. The van der Waals surface area contributed by atoms with E-state index in [2.05, 4.69) is 10.2 Å². The fraction of sp³-hybridized carbons (Fsp3) is 0.167. The van der Waals surface area contributed by atoms with Crippen LogP contribution in [0.25, 0.3) is 11.1 Å². The van der Waals surface area contributed by atoms with E-state index in [0.29, 0.717) is 23.5 Å². The number of aromatic nitrogens is 2. The maximum atomic E-state index is 11.6. The number of rotatable bonds is 3. The van der Waals surface area contributed by atoms with E-state index in [1.165, 1.54) is 6.07 Å². The van der Waals surface area contributed by atoms with Gasteiger partial charge in [-0.15, -0.1) is 0 Å². The van der Waals surface area contributed by atoms with Gasteiger partial charge in [-0.3, -0.25) is 19.8 Å². The van der Waals surface area contributed by atoms with Crippen LogP contribution in [0.1, 0.15) is 6.92 Å². The smallest absolute Gasteiger partial charge is 0.270 e. The topological polar surface area (TPSA) is 75.0 Å². The normalized spacial score (nSPS) is 10.2. The van der Waals surface area contributed by atoms with Gasteiger partial charge in [-0.2, -0.15) is 0 Å². The summed E-state index contributed by atoms with van der Waals surface area (Å²) in [4.78, 5) is 22.7. The monoisotopic (exact) mass is 232 g/mol. The van der Waals surface area contributed by atoms with Crippen molar-refractivity contribution >= 4 is 0 Å². The third-order valence-electron chi connectivity index (χ3n) is 2.28. The Morgan fingerprint density at radius 2 is 2.00 bits per heavy atom. The molecule has 1 heterocycles. The second-order valence-corrected chi connectivity index (χ2v) is 3.46. The summed E-state index contributed by atoms with van der Waals surface area (Å²) >= 11 is 0. The number of nitrogens with one attached hydrogen (secondary N) is 2. The van der Waals surface area contributed by atoms with E-state index in [1.807, 2.05) is 6.92 Å². The first-order valence-corrected chi connectivity index (χ1v) is 5.26. The van der Waals surface area contributed by atoms with E-state index >= 15 is 0 Å². The highest BCUT2D eigenvalue weighted by atomic mass is 16.5. The fourth-order valence-electron chi connectivity index (χ4n) is 1.55. The molecule has 1 aromatic carbocycles. The van der Waals surface area contributed by atoms with Gasteiger partial charge >= 0.3 is 0 Å². The van der Waals surface area contributed by atoms with Crippen LogP contribution in [0, 0.1) is 0 Å². The Kier molecular flexibility index (Phi) is 3.09. The Labute approximate surface area is 97.1 Å². The summed E-state index contributed by atoms with van der Waals surface area (Å²) in [5.74, 6) is 0.671. The molecule has 0 saturated heterocycles. The Morgan fingerprint density at radius 1 is 1.18 bits per heavy atom. The van der Waals surface area contributed by atoms with Crippen molar-refractivity contribution in [1.82, 2.24) is 10.2 Å². The first-order chi connectivity index (χ1) is 8.20. The standard InChI is InChI=1S/C12H12N2O3/c1-2-17-9-5-3-4-8(6-9)10-7-11(15)13-14-12(10)16/h3-7H,2H2,1H3,(H,13,15)(H,14,16). The van der Waals surface area contributed by atoms with Crippen LogP contribution in [0.5, 0.6) is 5.75 Å². The molecule has 0 amide bonds. The van der Waals surface area contributed by atoms with Crippen molar-refractivity contribution in [3.63, 3.8) is 0 Å². The van der Waals surface area contributed by atoms with Gasteiger partial charge in [0.15, 0.2) is 0 Å². The molecule has 88 valence electrons. The third kappa shape index (κ3) is 2.44. The van der Waals surface area contributed by atoms with Crippen molar-refractivity contribution in [3.8, 4) is 16.9 Å². The molecule has 5 heteroatoms. The van der Waals surface area contributed by atoms with Gasteiger partial charge in [-0.1, -0.05) is 12.1 Å². The number of H-pyrrole nitrogens is 2. The van der Waals surface area contributed by atoms with E-state index < -0.39 is 0 Å². The van der Waals surface area contributed by atoms with Crippen molar-refractivity contribution in [2.24, 2.45) is 0 Å². The summed E-state index contributed by atoms with van der Waals surface area (Å²) < 4.78 is 5.34. The molecular formula is C12H12N2O3. The van der Waals surface area contributed by atoms with Crippen LogP contribution in [0.15, 0.2) is 39.9 Å². The van der Waals surface area contributed by atoms with Crippen molar-refractivity contribution in [2.75, 3.05) is 6.61 Å². The molecular weight excluding hydrogens is 220 g/mol. The molecule has 0 saturated carbocycles. The van der Waals surface area contributed by atoms with E-state index in [1.54, 1.807) is 24.3 Å². The Morgan fingerprint density at radius 3 is 2.76 bits per heavy atom. The molecule has 0 atom stereocenters. The quantitative estimate of drug-likeness (QED) is 0.832. The number of hydrogen-bond donors (Lipinski definition) is 2. The van der Waals surface area contributed by atoms with Crippen molar-refractivity contribution in [1.29, 1.82) is 0 Å². The minimum Gasteiger partial charge on any atom is -0.494 e. The molecule has 2 aromatic rings. The van der Waals surface area contributed by atoms with Gasteiger partial charge in [0.05, 0.1) is 12.2 Å². The summed E-state index contributed by atoms with van der Waals surface area (Å²) in [6, 6.07) is 8.33. The van der Waals surface area contributed by atoms with E-state index in [9.17, 15) is 9.59 Å². The average Bonchev–Trinajstić information content (AvgIpc) is 2.33. The predicted molar refractivity (Wildman–Crippen MR) is 64.3 cm³/mol. The van der Waals surface area contributed by atoms with Crippen molar-refractivity contribution < 1.29 is 4.74 Å². The van der Waals surface area contributed by atoms with Gasteiger partial charge < -0.3 is 4.74 Å². The van der Waals surface area contributed by atoms with Gasteiger partial charge in [0.25, 0.3) is 11.1 Å². The Balaban J connectivity index is 2.52. The van der Waals surface area contributed by atoms with Crippen molar-refractivity contribution in [2.45, 2.75) is 6.92 Å². The summed E-state index contributed by atoms with van der Waals surface area (Å²) in [7, 11) is 0. The highest BCUT2D eigenvalue weighted by molar-refractivity contribution is 5.63. The Hall–Kier alpha value is -2.30. The van der Waals surface area contributed by atoms with Crippen LogP contribution in [0.2, 0.25) is 0 Å². The molecule has 0 aliphatic carbocycles. The van der Waals surface area contributed by atoms with Gasteiger partial charge in [0.1, 0.15) is 5.75 Å². The lowest BCUT2D eigenvalue weighted by molar-refractivity contribution is 0.340. The zero-order valence-corrected chi connectivity index (χ0v) is 9.32. The molecule has 5 nitrogen and oxygen atoms in total. The second kappa shape index (κ2) is 4.69. The minimum absolute atomic E-state index is 0.329. The minimum atomic E-state index is -0.346. The summed E-state index contributed by atoms with van der Waals surface area (Å²) in [6.07, 6.45) is 0. The van der Waals surface area contributed by atoms with E-state index in [4.69, 9.17) is 4.74 Å². The molecule has 0 aliphatic rings. The van der Waals surface area contributed by atoms with E-state index in [-0.39, 0.29) is 11.1 Å². The molecule has 0 radical (unpaired) electrons. The SMILES string of the molecule is CCOc1cccc(-c2cc(=O)[nH][nH]c2=O)c1. The lowest BCUT2D eigenvalue weighted by Crippen LogP contribution is -2.19. The van der Waals surface area contributed by atoms with Crippen LogP contribution in [0.3, 0.4) is 0 Å². The molecule has 1 aromatic heterocycles. The predicted octanol–water partition coefficient (Wildman–Crippen LogP) is 1.13. The highest BCUT2D eigenvalue weighted by Gasteiger charge is 2.05. The highest BCUT2D eigenvalue weighted by Crippen LogP contribution is 2.20. The fourth-order valence-corrected chi connectivity index (χ4v) is 1.55.